The van der Waals surface area contributed by atoms with Crippen LogP contribution in [0.3, 0.4) is 0 Å². The van der Waals surface area contributed by atoms with Crippen LogP contribution < -0.4 is 10.1 Å². The van der Waals surface area contributed by atoms with Gasteiger partial charge in [0.1, 0.15) is 11.9 Å². The Balaban J connectivity index is 1.19. The molecule has 1 atom stereocenters. The van der Waals surface area contributed by atoms with E-state index in [0.717, 1.165) is 28.9 Å². The number of pyridine rings is 1. The van der Waals surface area contributed by atoms with Crippen LogP contribution in [-0.4, -0.2) is 28.6 Å². The van der Waals surface area contributed by atoms with Gasteiger partial charge in [-0.25, -0.2) is 4.79 Å². The maximum atomic E-state index is 12.6. The summed E-state index contributed by atoms with van der Waals surface area (Å²) in [6, 6.07) is 16.7. The van der Waals surface area contributed by atoms with Crippen LogP contribution in [0, 0.1) is 0 Å². The van der Waals surface area contributed by atoms with Gasteiger partial charge < -0.3 is 15.0 Å². The van der Waals surface area contributed by atoms with Crippen molar-refractivity contribution in [2.24, 2.45) is 0 Å². The van der Waals surface area contributed by atoms with Gasteiger partial charge in [-0.3, -0.25) is 4.98 Å². The summed E-state index contributed by atoms with van der Waals surface area (Å²) >= 11 is 0. The summed E-state index contributed by atoms with van der Waals surface area (Å²) in [6.45, 7) is 7.73. The van der Waals surface area contributed by atoms with Crippen LogP contribution in [0.2, 0.25) is 0 Å². The zero-order valence-corrected chi connectivity index (χ0v) is 17.6. The molecule has 5 heteroatoms. The molecule has 0 radical (unpaired) electrons. The third-order valence-corrected chi connectivity index (χ3v) is 6.01. The van der Waals surface area contributed by atoms with Gasteiger partial charge in [0.25, 0.3) is 0 Å². The first kappa shape index (κ1) is 19.4. The van der Waals surface area contributed by atoms with E-state index >= 15 is 0 Å². The Morgan fingerprint density at radius 1 is 1.10 bits per heavy atom. The molecule has 31 heavy (non-hydrogen) atoms. The third kappa shape index (κ3) is 3.91. The fraction of sp³-hybridized carbons (Fsp3) is 0.231. The predicted molar refractivity (Wildman–Crippen MR) is 122 cm³/mol. The number of amides is 2. The Labute approximate surface area is 182 Å². The molecule has 2 amide bonds. The highest BCUT2D eigenvalue weighted by Gasteiger charge is 2.27. The van der Waals surface area contributed by atoms with Crippen molar-refractivity contribution in [3.05, 3.63) is 89.8 Å². The summed E-state index contributed by atoms with van der Waals surface area (Å²) in [5.41, 5.74) is 8.02. The van der Waals surface area contributed by atoms with Gasteiger partial charge in [0.15, 0.2) is 0 Å². The molecular weight excluding hydrogens is 386 g/mol. The van der Waals surface area contributed by atoms with Crippen LogP contribution in [0.4, 0.5) is 4.79 Å². The number of carbonyl (C=O) groups is 1. The van der Waals surface area contributed by atoms with E-state index in [1.807, 2.05) is 25.3 Å². The lowest BCUT2D eigenvalue weighted by Crippen LogP contribution is -2.41. The van der Waals surface area contributed by atoms with Gasteiger partial charge >= 0.3 is 6.03 Å². The normalized spacial score (nSPS) is 16.4. The summed E-state index contributed by atoms with van der Waals surface area (Å²) in [7, 11) is 0. The minimum Gasteiger partial charge on any atom is -0.488 e. The Bertz CT molecular complexity index is 1130. The van der Waals surface area contributed by atoms with Crippen LogP contribution >= 0.6 is 0 Å². The molecule has 0 spiro atoms. The molecule has 5 nitrogen and oxygen atoms in total. The summed E-state index contributed by atoms with van der Waals surface area (Å²) in [6.07, 6.45) is 4.35. The molecule has 0 saturated heterocycles. The molecule has 3 heterocycles. The predicted octanol–water partition coefficient (Wildman–Crippen LogP) is 4.81. The van der Waals surface area contributed by atoms with Gasteiger partial charge in [0.2, 0.25) is 0 Å². The molecule has 3 aromatic rings. The Hall–Kier alpha value is -3.60. The minimum absolute atomic E-state index is 0.0494. The van der Waals surface area contributed by atoms with Gasteiger partial charge in [-0.15, -0.1) is 0 Å². The molecule has 0 aliphatic carbocycles. The van der Waals surface area contributed by atoms with Gasteiger partial charge in [-0.2, -0.15) is 0 Å². The lowest BCUT2D eigenvalue weighted by Gasteiger charge is -2.18. The van der Waals surface area contributed by atoms with Crippen molar-refractivity contribution >= 4 is 11.6 Å². The van der Waals surface area contributed by atoms with Crippen LogP contribution in [0.5, 0.6) is 5.75 Å². The number of urea groups is 1. The monoisotopic (exact) mass is 411 g/mol. The number of fused-ring (bicyclic) bond motifs is 2. The molecule has 2 aromatic carbocycles. The number of benzene rings is 2. The van der Waals surface area contributed by atoms with E-state index < -0.39 is 0 Å². The van der Waals surface area contributed by atoms with Crippen molar-refractivity contribution in [2.45, 2.75) is 32.5 Å². The zero-order valence-electron chi connectivity index (χ0n) is 17.6. The summed E-state index contributed by atoms with van der Waals surface area (Å²) in [5.74, 6) is 0.904. The molecule has 156 valence electrons. The highest BCUT2D eigenvalue weighted by atomic mass is 16.5. The number of hydrogen-bond acceptors (Lipinski definition) is 3. The number of nitrogens with one attached hydrogen (secondary N) is 1. The number of ether oxygens (including phenoxy) is 1. The van der Waals surface area contributed by atoms with Crippen molar-refractivity contribution in [2.75, 3.05) is 6.54 Å². The number of aromatic nitrogens is 1. The van der Waals surface area contributed by atoms with Crippen molar-refractivity contribution in [1.29, 1.82) is 0 Å². The van der Waals surface area contributed by atoms with Gasteiger partial charge in [-0.1, -0.05) is 42.5 Å². The van der Waals surface area contributed by atoms with Gasteiger partial charge in [0.05, 0.1) is 6.54 Å². The fourth-order valence-electron chi connectivity index (χ4n) is 4.24. The molecular formula is C26H25N3O2. The molecule has 5 rings (SSSR count). The molecule has 1 N–H and O–H groups in total. The van der Waals surface area contributed by atoms with Crippen LogP contribution in [0.1, 0.15) is 29.2 Å². The molecule has 2 aliphatic heterocycles. The number of rotatable bonds is 4. The third-order valence-electron chi connectivity index (χ3n) is 6.01. The average molecular weight is 412 g/mol. The van der Waals surface area contributed by atoms with Gasteiger partial charge in [-0.05, 0) is 58.5 Å². The second kappa shape index (κ2) is 7.91. The van der Waals surface area contributed by atoms with E-state index in [4.69, 9.17) is 4.74 Å². The first-order valence-electron chi connectivity index (χ1n) is 10.6. The summed E-state index contributed by atoms with van der Waals surface area (Å²) in [4.78, 5) is 18.5. The molecule has 1 unspecified atom stereocenters. The molecule has 0 saturated carbocycles. The largest absolute Gasteiger partial charge is 0.488 e. The Morgan fingerprint density at radius 2 is 1.87 bits per heavy atom. The van der Waals surface area contributed by atoms with Crippen LogP contribution in [-0.2, 0) is 19.5 Å². The highest BCUT2D eigenvalue weighted by molar-refractivity contribution is 5.75. The molecule has 0 fully saturated rings. The van der Waals surface area contributed by atoms with Crippen molar-refractivity contribution in [3.63, 3.8) is 0 Å². The smallest absolute Gasteiger partial charge is 0.318 e. The Morgan fingerprint density at radius 3 is 2.65 bits per heavy atom. The lowest BCUT2D eigenvalue weighted by atomic mass is 9.99. The first-order valence-corrected chi connectivity index (χ1v) is 10.6. The lowest BCUT2D eigenvalue weighted by molar-refractivity contribution is 0.185. The van der Waals surface area contributed by atoms with Crippen molar-refractivity contribution in [3.8, 4) is 16.9 Å². The zero-order chi connectivity index (χ0) is 21.4. The van der Waals surface area contributed by atoms with Gasteiger partial charge in [0, 0.05) is 31.9 Å². The number of allylic oxidation sites excluding steroid dienone is 1. The maximum Gasteiger partial charge on any atom is 0.318 e. The Kier molecular flexibility index (Phi) is 4.94. The second-order valence-corrected chi connectivity index (χ2v) is 8.31. The first-order chi connectivity index (χ1) is 15.1. The van der Waals surface area contributed by atoms with E-state index in [1.165, 1.54) is 22.3 Å². The number of carbonyl (C=O) groups excluding carboxylic acids is 1. The fourth-order valence-corrected chi connectivity index (χ4v) is 4.24. The average Bonchev–Trinajstić information content (AvgIpc) is 3.40. The standard InChI is InChI=1S/C26H25N3O2/c1-17(2)18-3-5-19(6-4-18)20-7-8-25-22(11-20)12-24(31-25)14-28-26(30)29-15-21-9-10-27-13-23(21)16-29/h3-11,13,24H,1,12,14-16H2,2H3,(H,28,30). The summed E-state index contributed by atoms with van der Waals surface area (Å²) < 4.78 is 6.07. The minimum atomic E-state index is -0.0611. The molecule has 1 aromatic heterocycles. The van der Waals surface area contributed by atoms with Crippen molar-refractivity contribution in [1.82, 2.24) is 15.2 Å². The topological polar surface area (TPSA) is 54.5 Å². The van der Waals surface area contributed by atoms with E-state index in [2.05, 4.69) is 53.3 Å². The quantitative estimate of drug-likeness (QED) is 0.670. The molecule has 0 bridgehead atoms. The van der Waals surface area contributed by atoms with E-state index in [1.54, 1.807) is 11.1 Å². The van der Waals surface area contributed by atoms with E-state index in [0.29, 0.717) is 19.6 Å². The highest BCUT2D eigenvalue weighted by Crippen LogP contribution is 2.33. The van der Waals surface area contributed by atoms with Crippen LogP contribution in [0.25, 0.3) is 16.7 Å². The number of hydrogen-bond donors (Lipinski definition) is 1. The SMILES string of the molecule is C=C(C)c1ccc(-c2ccc3c(c2)CC(CNC(=O)N2Cc4ccncc4C2)O3)cc1. The summed E-state index contributed by atoms with van der Waals surface area (Å²) in [5, 5.41) is 3.03. The van der Waals surface area contributed by atoms with Crippen LogP contribution in [0.15, 0.2) is 67.5 Å². The van der Waals surface area contributed by atoms with Crippen molar-refractivity contribution < 1.29 is 9.53 Å². The van der Waals surface area contributed by atoms with E-state index in [9.17, 15) is 4.79 Å². The second-order valence-electron chi connectivity index (χ2n) is 8.31. The number of nitrogens with zero attached hydrogens (tertiary/aromatic N) is 2. The maximum absolute atomic E-state index is 12.6. The molecule has 2 aliphatic rings. The van der Waals surface area contributed by atoms with E-state index in [-0.39, 0.29) is 12.1 Å².